The van der Waals surface area contributed by atoms with Crippen molar-refractivity contribution in [3.63, 3.8) is 0 Å². The summed E-state index contributed by atoms with van der Waals surface area (Å²) in [5, 5.41) is 22.8. The Hall–Kier alpha value is -2.11. The van der Waals surface area contributed by atoms with Crippen LogP contribution in [0.15, 0.2) is 18.2 Å². The maximum Gasteiger partial charge on any atom is 0.309 e. The third-order valence-corrected chi connectivity index (χ3v) is 3.15. The summed E-state index contributed by atoms with van der Waals surface area (Å²) < 4.78 is 0. The Labute approximate surface area is 111 Å². The van der Waals surface area contributed by atoms with Crippen LogP contribution < -0.4 is 5.32 Å². The van der Waals surface area contributed by atoms with Crippen molar-refractivity contribution >= 4 is 17.3 Å². The van der Waals surface area contributed by atoms with Gasteiger partial charge in [0.25, 0.3) is 5.69 Å². The van der Waals surface area contributed by atoms with Crippen LogP contribution in [0.5, 0.6) is 0 Å². The second-order valence-corrected chi connectivity index (χ2v) is 5.07. The molecule has 0 amide bonds. The molecule has 0 aliphatic rings. The maximum absolute atomic E-state index is 11.0. The Balaban J connectivity index is 2.72. The van der Waals surface area contributed by atoms with Crippen molar-refractivity contribution in [3.8, 4) is 0 Å². The van der Waals surface area contributed by atoms with Crippen molar-refractivity contribution in [2.45, 2.75) is 27.2 Å². The molecule has 0 spiro atoms. The smallest absolute Gasteiger partial charge is 0.309 e. The van der Waals surface area contributed by atoms with Gasteiger partial charge in [0.1, 0.15) is 0 Å². The van der Waals surface area contributed by atoms with Gasteiger partial charge in [-0.2, -0.15) is 0 Å². The van der Waals surface area contributed by atoms with E-state index in [1.54, 1.807) is 32.9 Å². The van der Waals surface area contributed by atoms with Crippen LogP contribution in [0.2, 0.25) is 0 Å². The van der Waals surface area contributed by atoms with E-state index >= 15 is 0 Å². The predicted molar refractivity (Wildman–Crippen MR) is 72.4 cm³/mol. The standard InChI is InChI=1S/C13H18N2O4/c1-9-10(5-4-6-11(9)15(18)19)14-8-7-13(2,3)12(16)17/h4-6,14H,7-8H2,1-3H3,(H,16,17). The first-order valence-corrected chi connectivity index (χ1v) is 5.97. The lowest BCUT2D eigenvalue weighted by molar-refractivity contribution is -0.385. The van der Waals surface area contributed by atoms with E-state index in [1.165, 1.54) is 6.07 Å². The Morgan fingerprint density at radius 1 is 1.47 bits per heavy atom. The Bertz CT molecular complexity index is 497. The number of rotatable bonds is 6. The van der Waals surface area contributed by atoms with Gasteiger partial charge in [-0.25, -0.2) is 0 Å². The SMILES string of the molecule is Cc1c(NCCC(C)(C)C(=O)O)cccc1[N+](=O)[O-]. The highest BCUT2D eigenvalue weighted by Crippen LogP contribution is 2.26. The molecule has 0 fully saturated rings. The van der Waals surface area contributed by atoms with E-state index in [4.69, 9.17) is 5.11 Å². The summed E-state index contributed by atoms with van der Waals surface area (Å²) >= 11 is 0. The number of aliphatic carboxylic acids is 1. The average molecular weight is 266 g/mol. The lowest BCUT2D eigenvalue weighted by atomic mass is 9.89. The second kappa shape index (κ2) is 5.69. The van der Waals surface area contributed by atoms with Gasteiger partial charge in [-0.3, -0.25) is 14.9 Å². The summed E-state index contributed by atoms with van der Waals surface area (Å²) in [6.07, 6.45) is 0.435. The molecule has 104 valence electrons. The number of carboxylic acids is 1. The van der Waals surface area contributed by atoms with Gasteiger partial charge in [0, 0.05) is 23.9 Å². The molecule has 0 aliphatic carbocycles. The molecule has 0 saturated heterocycles. The van der Waals surface area contributed by atoms with Gasteiger partial charge in [0.05, 0.1) is 10.3 Å². The molecule has 0 atom stereocenters. The minimum atomic E-state index is -0.856. The lowest BCUT2D eigenvalue weighted by Crippen LogP contribution is -2.26. The summed E-state index contributed by atoms with van der Waals surface area (Å²) in [5.74, 6) is -0.856. The molecule has 0 bridgehead atoms. The number of nitro groups is 1. The third-order valence-electron chi connectivity index (χ3n) is 3.15. The number of hydrogen-bond acceptors (Lipinski definition) is 4. The van der Waals surface area contributed by atoms with Crippen LogP contribution in [-0.4, -0.2) is 22.5 Å². The Morgan fingerprint density at radius 3 is 2.63 bits per heavy atom. The Morgan fingerprint density at radius 2 is 2.11 bits per heavy atom. The van der Waals surface area contributed by atoms with Gasteiger partial charge >= 0.3 is 5.97 Å². The largest absolute Gasteiger partial charge is 0.481 e. The van der Waals surface area contributed by atoms with Crippen molar-refractivity contribution in [1.29, 1.82) is 0 Å². The highest BCUT2D eigenvalue weighted by molar-refractivity contribution is 5.73. The quantitative estimate of drug-likeness (QED) is 0.610. The first-order valence-electron chi connectivity index (χ1n) is 5.97. The zero-order chi connectivity index (χ0) is 14.6. The fourth-order valence-corrected chi connectivity index (χ4v) is 1.63. The molecule has 6 nitrogen and oxygen atoms in total. The van der Waals surface area contributed by atoms with E-state index in [9.17, 15) is 14.9 Å². The maximum atomic E-state index is 11.0. The zero-order valence-corrected chi connectivity index (χ0v) is 11.3. The van der Waals surface area contributed by atoms with Crippen LogP contribution in [0, 0.1) is 22.5 Å². The van der Waals surface area contributed by atoms with Gasteiger partial charge < -0.3 is 10.4 Å². The van der Waals surface area contributed by atoms with Crippen LogP contribution in [-0.2, 0) is 4.79 Å². The molecule has 0 saturated carbocycles. The third kappa shape index (κ3) is 3.67. The molecule has 1 aromatic rings. The minimum absolute atomic E-state index is 0.0579. The lowest BCUT2D eigenvalue weighted by Gasteiger charge is -2.19. The van der Waals surface area contributed by atoms with Crippen molar-refractivity contribution in [2.75, 3.05) is 11.9 Å². The van der Waals surface area contributed by atoms with E-state index in [0.717, 1.165) is 0 Å². The molecule has 0 heterocycles. The molecule has 0 radical (unpaired) electrons. The normalized spacial score (nSPS) is 11.1. The van der Waals surface area contributed by atoms with E-state index in [-0.39, 0.29) is 5.69 Å². The van der Waals surface area contributed by atoms with Crippen molar-refractivity contribution in [3.05, 3.63) is 33.9 Å². The van der Waals surface area contributed by atoms with Gasteiger partial charge in [-0.15, -0.1) is 0 Å². The van der Waals surface area contributed by atoms with Crippen molar-refractivity contribution in [1.82, 2.24) is 0 Å². The second-order valence-electron chi connectivity index (χ2n) is 5.07. The number of nitrogens with zero attached hydrogens (tertiary/aromatic N) is 1. The van der Waals surface area contributed by atoms with Crippen LogP contribution in [0.4, 0.5) is 11.4 Å². The number of anilines is 1. The molecule has 2 N–H and O–H groups in total. The van der Waals surface area contributed by atoms with Crippen molar-refractivity contribution < 1.29 is 14.8 Å². The minimum Gasteiger partial charge on any atom is -0.481 e. The topological polar surface area (TPSA) is 92.5 Å². The van der Waals surface area contributed by atoms with Crippen LogP contribution >= 0.6 is 0 Å². The highest BCUT2D eigenvalue weighted by Gasteiger charge is 2.26. The zero-order valence-electron chi connectivity index (χ0n) is 11.3. The van der Waals surface area contributed by atoms with Crippen LogP contribution in [0.3, 0.4) is 0 Å². The van der Waals surface area contributed by atoms with Crippen LogP contribution in [0.25, 0.3) is 0 Å². The molecule has 6 heteroatoms. The fourth-order valence-electron chi connectivity index (χ4n) is 1.63. The van der Waals surface area contributed by atoms with Gasteiger partial charge in [0.2, 0.25) is 0 Å². The number of carbonyl (C=O) groups is 1. The predicted octanol–water partition coefficient (Wildman–Crippen LogP) is 2.82. The van der Waals surface area contributed by atoms with Gasteiger partial charge in [-0.05, 0) is 33.3 Å². The van der Waals surface area contributed by atoms with E-state index in [1.807, 2.05) is 0 Å². The molecule has 0 unspecified atom stereocenters. The molecule has 0 aromatic heterocycles. The molecule has 1 aromatic carbocycles. The fraction of sp³-hybridized carbons (Fsp3) is 0.462. The summed E-state index contributed by atoms with van der Waals surface area (Å²) in [7, 11) is 0. The summed E-state index contributed by atoms with van der Waals surface area (Å²) in [6, 6.07) is 4.80. The summed E-state index contributed by atoms with van der Waals surface area (Å²) in [6.45, 7) is 5.42. The van der Waals surface area contributed by atoms with E-state index in [0.29, 0.717) is 24.2 Å². The first-order chi connectivity index (χ1) is 8.75. The highest BCUT2D eigenvalue weighted by atomic mass is 16.6. The van der Waals surface area contributed by atoms with E-state index in [2.05, 4.69) is 5.32 Å². The first kappa shape index (κ1) is 14.9. The number of benzene rings is 1. The molecular formula is C13H18N2O4. The number of nitrogens with one attached hydrogen (secondary N) is 1. The average Bonchev–Trinajstić information content (AvgIpc) is 2.30. The summed E-state index contributed by atoms with van der Waals surface area (Å²) in [4.78, 5) is 21.3. The number of hydrogen-bond donors (Lipinski definition) is 2. The van der Waals surface area contributed by atoms with Gasteiger partial charge in [0.15, 0.2) is 0 Å². The monoisotopic (exact) mass is 266 g/mol. The van der Waals surface area contributed by atoms with E-state index < -0.39 is 16.3 Å². The van der Waals surface area contributed by atoms with Crippen molar-refractivity contribution in [2.24, 2.45) is 5.41 Å². The Kier molecular flexibility index (Phi) is 4.47. The number of nitro benzene ring substituents is 1. The summed E-state index contributed by atoms with van der Waals surface area (Å²) in [5.41, 5.74) is 0.459. The van der Waals surface area contributed by atoms with Crippen LogP contribution in [0.1, 0.15) is 25.8 Å². The molecule has 1 rings (SSSR count). The molecular weight excluding hydrogens is 248 g/mol. The molecule has 19 heavy (non-hydrogen) atoms. The number of carboxylic acid groups (broad SMARTS) is 1. The van der Waals surface area contributed by atoms with Gasteiger partial charge in [-0.1, -0.05) is 6.07 Å². The molecule has 0 aliphatic heterocycles.